The normalized spacial score (nSPS) is 22.6. The second kappa shape index (κ2) is 5.36. The maximum atomic E-state index is 5.93. The average molecular weight is 290 g/mol. The van der Waals surface area contributed by atoms with Gasteiger partial charge >= 0.3 is 0 Å². The van der Waals surface area contributed by atoms with Crippen molar-refractivity contribution in [3.8, 4) is 0 Å². The molecular formula is C13H18BrCl. The van der Waals surface area contributed by atoms with Gasteiger partial charge in [-0.25, -0.2) is 0 Å². The van der Waals surface area contributed by atoms with E-state index < -0.39 is 0 Å². The summed E-state index contributed by atoms with van der Waals surface area (Å²) >= 11 is 9.15. The van der Waals surface area contributed by atoms with E-state index >= 15 is 0 Å². The molecule has 0 fully saturated rings. The van der Waals surface area contributed by atoms with Crippen molar-refractivity contribution in [1.29, 1.82) is 0 Å². The molecule has 1 rings (SSSR count). The molecule has 84 valence electrons. The highest BCUT2D eigenvalue weighted by molar-refractivity contribution is 9.11. The fraction of sp³-hybridized carbons (Fsp3) is 0.538. The summed E-state index contributed by atoms with van der Waals surface area (Å²) in [5.74, 6) is 0. The molecule has 0 heterocycles. The number of hydrogen-bond acceptors (Lipinski definition) is 0. The lowest BCUT2D eigenvalue weighted by Crippen LogP contribution is -2.18. The van der Waals surface area contributed by atoms with Gasteiger partial charge in [-0.2, -0.15) is 0 Å². The van der Waals surface area contributed by atoms with Crippen molar-refractivity contribution in [3.05, 3.63) is 33.3 Å². The largest absolute Gasteiger partial charge is 0.0838 e. The minimum atomic E-state index is 0.294. The Balaban J connectivity index is 2.95. The molecule has 0 unspecified atom stereocenters. The molecule has 0 aromatic rings. The van der Waals surface area contributed by atoms with Gasteiger partial charge in [-0.1, -0.05) is 53.0 Å². The first-order valence-electron chi connectivity index (χ1n) is 5.31. The first kappa shape index (κ1) is 13.1. The summed E-state index contributed by atoms with van der Waals surface area (Å²) in [6.07, 6.45) is 7.91. The van der Waals surface area contributed by atoms with Crippen molar-refractivity contribution in [2.75, 3.05) is 0 Å². The minimum Gasteiger partial charge on any atom is -0.0838 e. The molecular weight excluding hydrogens is 272 g/mol. The van der Waals surface area contributed by atoms with E-state index in [1.54, 1.807) is 4.99 Å². The van der Waals surface area contributed by atoms with Crippen LogP contribution in [0.2, 0.25) is 0 Å². The van der Waals surface area contributed by atoms with Crippen molar-refractivity contribution in [1.82, 2.24) is 0 Å². The fourth-order valence-corrected chi connectivity index (χ4v) is 2.43. The molecule has 1 aliphatic rings. The van der Waals surface area contributed by atoms with Gasteiger partial charge < -0.3 is 0 Å². The SMILES string of the molecule is CC1=C(/C=C/C(Cl)=C/Br)C(C)(C)CCC1. The van der Waals surface area contributed by atoms with E-state index in [0.29, 0.717) is 5.41 Å². The lowest BCUT2D eigenvalue weighted by atomic mass is 9.73. The quantitative estimate of drug-likeness (QED) is 0.585. The molecule has 1 aliphatic carbocycles. The number of halogens is 2. The Morgan fingerprint density at radius 2 is 2.13 bits per heavy atom. The Hall–Kier alpha value is -0.0100. The monoisotopic (exact) mass is 288 g/mol. The molecule has 0 saturated heterocycles. The van der Waals surface area contributed by atoms with Crippen LogP contribution in [0.4, 0.5) is 0 Å². The molecule has 0 amide bonds. The van der Waals surface area contributed by atoms with Crippen molar-refractivity contribution in [2.24, 2.45) is 5.41 Å². The summed E-state index contributed by atoms with van der Waals surface area (Å²) in [4.78, 5) is 1.73. The van der Waals surface area contributed by atoms with Crippen LogP contribution in [0.25, 0.3) is 0 Å². The molecule has 0 bridgehead atoms. The summed E-state index contributed by atoms with van der Waals surface area (Å²) < 4.78 is 0. The summed E-state index contributed by atoms with van der Waals surface area (Å²) in [6, 6.07) is 0. The van der Waals surface area contributed by atoms with Crippen molar-refractivity contribution in [2.45, 2.75) is 40.0 Å². The molecule has 15 heavy (non-hydrogen) atoms. The Morgan fingerprint density at radius 1 is 1.47 bits per heavy atom. The number of hydrogen-bond donors (Lipinski definition) is 0. The Bertz CT molecular complexity index is 321. The topological polar surface area (TPSA) is 0 Å². The highest BCUT2D eigenvalue weighted by atomic mass is 79.9. The summed E-state index contributed by atoms with van der Waals surface area (Å²) in [5.41, 5.74) is 3.24. The van der Waals surface area contributed by atoms with Crippen LogP contribution in [0.5, 0.6) is 0 Å². The number of allylic oxidation sites excluding steroid dienone is 5. The number of rotatable bonds is 2. The first-order chi connectivity index (χ1) is 6.97. The molecule has 0 saturated carbocycles. The Kier molecular flexibility index (Phi) is 4.66. The molecule has 0 aromatic carbocycles. The molecule has 2 heteroatoms. The van der Waals surface area contributed by atoms with Gasteiger partial charge in [-0.15, -0.1) is 0 Å². The lowest BCUT2D eigenvalue weighted by molar-refractivity contribution is 0.377. The van der Waals surface area contributed by atoms with Crippen LogP contribution in [0.1, 0.15) is 40.0 Å². The van der Waals surface area contributed by atoms with Gasteiger partial charge in [0.05, 0.1) is 0 Å². The van der Waals surface area contributed by atoms with Crippen LogP contribution < -0.4 is 0 Å². The average Bonchev–Trinajstić information content (AvgIpc) is 2.15. The summed E-state index contributed by atoms with van der Waals surface area (Å²) in [7, 11) is 0. The second-order valence-corrected chi connectivity index (χ2v) is 5.65. The van der Waals surface area contributed by atoms with Crippen LogP contribution >= 0.6 is 27.5 Å². The molecule has 0 aliphatic heterocycles. The smallest absolute Gasteiger partial charge is 0.0475 e. The second-order valence-electron chi connectivity index (χ2n) is 4.76. The van der Waals surface area contributed by atoms with Gasteiger partial charge in [0.15, 0.2) is 0 Å². The third-order valence-electron chi connectivity index (χ3n) is 3.06. The summed E-state index contributed by atoms with van der Waals surface area (Å²) in [6.45, 7) is 6.84. The van der Waals surface area contributed by atoms with Crippen LogP contribution in [0, 0.1) is 5.41 Å². The van der Waals surface area contributed by atoms with Gasteiger partial charge in [-0.05, 0) is 48.2 Å². The van der Waals surface area contributed by atoms with Gasteiger partial charge in [0, 0.05) is 5.03 Å². The predicted molar refractivity (Wildman–Crippen MR) is 72.3 cm³/mol. The highest BCUT2D eigenvalue weighted by Gasteiger charge is 2.26. The van der Waals surface area contributed by atoms with Gasteiger partial charge in [0.25, 0.3) is 0 Å². The van der Waals surface area contributed by atoms with E-state index in [0.717, 1.165) is 5.03 Å². The fourth-order valence-electron chi connectivity index (χ4n) is 2.21. The zero-order valence-electron chi connectivity index (χ0n) is 9.61. The molecule has 0 nitrogen and oxygen atoms in total. The van der Waals surface area contributed by atoms with Crippen LogP contribution in [-0.4, -0.2) is 0 Å². The zero-order chi connectivity index (χ0) is 11.5. The van der Waals surface area contributed by atoms with Gasteiger partial charge in [0.1, 0.15) is 0 Å². The van der Waals surface area contributed by atoms with Crippen LogP contribution in [0.15, 0.2) is 33.3 Å². The minimum absolute atomic E-state index is 0.294. The molecule has 0 N–H and O–H groups in total. The van der Waals surface area contributed by atoms with Crippen molar-refractivity contribution < 1.29 is 0 Å². The standard InChI is InChI=1S/C13H18BrCl/c1-10-5-4-8-13(2,3)12(10)7-6-11(15)9-14/h6-7,9H,4-5,8H2,1-3H3/b7-6+,11-9-. The molecule has 0 radical (unpaired) electrons. The predicted octanol–water partition coefficient (Wildman–Crippen LogP) is 5.54. The molecule has 0 aromatic heterocycles. The third kappa shape index (κ3) is 3.49. The third-order valence-corrected chi connectivity index (χ3v) is 4.05. The van der Waals surface area contributed by atoms with E-state index in [-0.39, 0.29) is 0 Å². The summed E-state index contributed by atoms with van der Waals surface area (Å²) in [5, 5.41) is 0.733. The Labute approximate surface area is 106 Å². The Morgan fingerprint density at radius 3 is 2.67 bits per heavy atom. The first-order valence-corrected chi connectivity index (χ1v) is 6.61. The van der Waals surface area contributed by atoms with E-state index in [1.807, 2.05) is 6.08 Å². The molecule has 0 spiro atoms. The van der Waals surface area contributed by atoms with Gasteiger partial charge in [-0.3, -0.25) is 0 Å². The van der Waals surface area contributed by atoms with Crippen LogP contribution in [0.3, 0.4) is 0 Å². The lowest BCUT2D eigenvalue weighted by Gasteiger charge is -2.32. The highest BCUT2D eigenvalue weighted by Crippen LogP contribution is 2.40. The zero-order valence-corrected chi connectivity index (χ0v) is 12.0. The van der Waals surface area contributed by atoms with E-state index in [4.69, 9.17) is 11.6 Å². The maximum Gasteiger partial charge on any atom is 0.0475 e. The van der Waals surface area contributed by atoms with E-state index in [2.05, 4.69) is 42.8 Å². The van der Waals surface area contributed by atoms with Crippen LogP contribution in [-0.2, 0) is 0 Å². The maximum absolute atomic E-state index is 5.93. The van der Waals surface area contributed by atoms with E-state index in [9.17, 15) is 0 Å². The van der Waals surface area contributed by atoms with Crippen molar-refractivity contribution >= 4 is 27.5 Å². The van der Waals surface area contributed by atoms with Gasteiger partial charge in [0.2, 0.25) is 0 Å². The molecule has 0 atom stereocenters. The van der Waals surface area contributed by atoms with E-state index in [1.165, 1.54) is 30.4 Å². The van der Waals surface area contributed by atoms with Crippen molar-refractivity contribution in [3.63, 3.8) is 0 Å².